The van der Waals surface area contributed by atoms with Gasteiger partial charge in [-0.1, -0.05) is 11.6 Å². The Morgan fingerprint density at radius 1 is 1.00 bits per heavy atom. The normalized spacial score (nSPS) is 11.5. The SMILES string of the molecule is Cc1cc(Oc2ccc(N)c(C(F)(F)F)c2)cc(C)c1Cl. The Bertz CT molecular complexity index is 660. The van der Waals surface area contributed by atoms with Crippen LogP contribution in [-0.2, 0) is 6.18 Å². The molecule has 6 heteroatoms. The van der Waals surface area contributed by atoms with Crippen LogP contribution in [0.1, 0.15) is 16.7 Å². The van der Waals surface area contributed by atoms with Crippen LogP contribution in [0.25, 0.3) is 0 Å². The predicted octanol–water partition coefficient (Wildman–Crippen LogP) is 5.35. The van der Waals surface area contributed by atoms with E-state index in [2.05, 4.69) is 0 Å². The average Bonchev–Trinajstić information content (AvgIpc) is 2.37. The van der Waals surface area contributed by atoms with Crippen molar-refractivity contribution in [3.05, 3.63) is 52.0 Å². The first-order valence-corrected chi connectivity index (χ1v) is 6.47. The molecule has 0 saturated heterocycles. The summed E-state index contributed by atoms with van der Waals surface area (Å²) in [6.07, 6.45) is -4.52. The molecule has 112 valence electrons. The maximum Gasteiger partial charge on any atom is 0.418 e. The lowest BCUT2D eigenvalue weighted by molar-refractivity contribution is -0.137. The van der Waals surface area contributed by atoms with Crippen molar-refractivity contribution in [2.75, 3.05) is 5.73 Å². The van der Waals surface area contributed by atoms with Gasteiger partial charge in [-0.25, -0.2) is 0 Å². The van der Waals surface area contributed by atoms with Gasteiger partial charge in [0.1, 0.15) is 11.5 Å². The Morgan fingerprint density at radius 2 is 1.57 bits per heavy atom. The summed E-state index contributed by atoms with van der Waals surface area (Å²) in [4.78, 5) is 0. The molecule has 0 radical (unpaired) electrons. The number of hydrogen-bond donors (Lipinski definition) is 1. The van der Waals surface area contributed by atoms with E-state index in [1.54, 1.807) is 26.0 Å². The van der Waals surface area contributed by atoms with E-state index in [0.717, 1.165) is 17.2 Å². The highest BCUT2D eigenvalue weighted by atomic mass is 35.5. The summed E-state index contributed by atoms with van der Waals surface area (Å²) in [6, 6.07) is 6.78. The van der Waals surface area contributed by atoms with Crippen molar-refractivity contribution < 1.29 is 17.9 Å². The molecule has 2 nitrogen and oxygen atoms in total. The summed E-state index contributed by atoms with van der Waals surface area (Å²) < 4.78 is 43.9. The highest BCUT2D eigenvalue weighted by Gasteiger charge is 2.33. The van der Waals surface area contributed by atoms with Crippen LogP contribution in [0.15, 0.2) is 30.3 Å². The largest absolute Gasteiger partial charge is 0.457 e. The quantitative estimate of drug-likeness (QED) is 0.758. The first-order chi connectivity index (χ1) is 9.68. The highest BCUT2D eigenvalue weighted by molar-refractivity contribution is 6.32. The molecule has 0 aliphatic carbocycles. The van der Waals surface area contributed by atoms with Crippen LogP contribution in [0.4, 0.5) is 18.9 Å². The lowest BCUT2D eigenvalue weighted by atomic mass is 10.1. The van der Waals surface area contributed by atoms with E-state index in [1.165, 1.54) is 12.1 Å². The van der Waals surface area contributed by atoms with Gasteiger partial charge in [0.2, 0.25) is 0 Å². The van der Waals surface area contributed by atoms with Crippen molar-refractivity contribution in [3.63, 3.8) is 0 Å². The van der Waals surface area contributed by atoms with Gasteiger partial charge < -0.3 is 10.5 Å². The van der Waals surface area contributed by atoms with Gasteiger partial charge in [-0.3, -0.25) is 0 Å². The zero-order valence-electron chi connectivity index (χ0n) is 11.4. The molecule has 0 heterocycles. The Hall–Kier alpha value is -1.88. The Labute approximate surface area is 125 Å². The monoisotopic (exact) mass is 315 g/mol. The maximum absolute atomic E-state index is 12.8. The molecule has 0 spiro atoms. The third kappa shape index (κ3) is 3.42. The second-order valence-electron chi connectivity index (χ2n) is 4.72. The predicted molar refractivity (Wildman–Crippen MR) is 76.9 cm³/mol. The van der Waals surface area contributed by atoms with Gasteiger partial charge in [-0.15, -0.1) is 0 Å². The number of rotatable bonds is 2. The molecule has 0 aromatic heterocycles. The lowest BCUT2D eigenvalue weighted by Crippen LogP contribution is -2.08. The number of ether oxygens (including phenoxy) is 1. The van der Waals surface area contributed by atoms with E-state index >= 15 is 0 Å². The van der Waals surface area contributed by atoms with Crippen LogP contribution in [0, 0.1) is 13.8 Å². The minimum Gasteiger partial charge on any atom is -0.457 e. The summed E-state index contributed by atoms with van der Waals surface area (Å²) in [5.74, 6) is 0.491. The number of nitrogens with two attached hydrogens (primary N) is 1. The smallest absolute Gasteiger partial charge is 0.418 e. The molecule has 0 atom stereocenters. The third-order valence-electron chi connectivity index (χ3n) is 2.98. The molecule has 0 amide bonds. The van der Waals surface area contributed by atoms with Crippen molar-refractivity contribution in [2.24, 2.45) is 0 Å². The fourth-order valence-electron chi connectivity index (χ4n) is 1.95. The summed E-state index contributed by atoms with van der Waals surface area (Å²) in [6.45, 7) is 3.60. The van der Waals surface area contributed by atoms with E-state index in [-0.39, 0.29) is 11.4 Å². The van der Waals surface area contributed by atoms with Gasteiger partial charge >= 0.3 is 6.18 Å². The van der Waals surface area contributed by atoms with Crippen molar-refractivity contribution in [1.29, 1.82) is 0 Å². The average molecular weight is 316 g/mol. The minimum atomic E-state index is -4.52. The van der Waals surface area contributed by atoms with Gasteiger partial charge in [0.15, 0.2) is 0 Å². The summed E-state index contributed by atoms with van der Waals surface area (Å²) >= 11 is 6.04. The van der Waals surface area contributed by atoms with Gasteiger partial charge in [0, 0.05) is 10.7 Å². The number of halogens is 4. The van der Waals surface area contributed by atoms with Crippen molar-refractivity contribution in [3.8, 4) is 11.5 Å². The Kier molecular flexibility index (Phi) is 4.05. The second kappa shape index (κ2) is 5.48. The second-order valence-corrected chi connectivity index (χ2v) is 5.10. The molecule has 0 aliphatic rings. The fourth-order valence-corrected chi connectivity index (χ4v) is 2.05. The molecule has 2 aromatic carbocycles. The van der Waals surface area contributed by atoms with Crippen molar-refractivity contribution >= 4 is 17.3 Å². The van der Waals surface area contributed by atoms with Crippen LogP contribution in [0.2, 0.25) is 5.02 Å². The van der Waals surface area contributed by atoms with Gasteiger partial charge in [0.05, 0.1) is 5.56 Å². The van der Waals surface area contributed by atoms with E-state index in [1.807, 2.05) is 0 Å². The molecular formula is C15H13ClF3NO. The molecule has 21 heavy (non-hydrogen) atoms. The number of nitrogen functional groups attached to an aromatic ring is 1. The molecule has 2 N–H and O–H groups in total. The van der Waals surface area contributed by atoms with Crippen LogP contribution in [-0.4, -0.2) is 0 Å². The van der Waals surface area contributed by atoms with Gasteiger partial charge in [-0.05, 0) is 55.3 Å². The number of aryl methyl sites for hydroxylation is 2. The zero-order chi connectivity index (χ0) is 15.8. The number of hydrogen-bond acceptors (Lipinski definition) is 2. The molecule has 2 rings (SSSR count). The Balaban J connectivity index is 2.37. The number of benzene rings is 2. The fraction of sp³-hybridized carbons (Fsp3) is 0.200. The van der Waals surface area contributed by atoms with Crippen LogP contribution < -0.4 is 10.5 Å². The topological polar surface area (TPSA) is 35.2 Å². The molecule has 0 unspecified atom stereocenters. The van der Waals surface area contributed by atoms with Gasteiger partial charge in [-0.2, -0.15) is 13.2 Å². The van der Waals surface area contributed by atoms with Crippen LogP contribution in [0.3, 0.4) is 0 Å². The Morgan fingerprint density at radius 3 is 2.10 bits per heavy atom. The van der Waals surface area contributed by atoms with Crippen molar-refractivity contribution in [1.82, 2.24) is 0 Å². The molecular weight excluding hydrogens is 303 g/mol. The number of anilines is 1. The first-order valence-electron chi connectivity index (χ1n) is 6.10. The summed E-state index contributed by atoms with van der Waals surface area (Å²) in [5, 5.41) is 0.607. The van der Waals surface area contributed by atoms with E-state index < -0.39 is 11.7 Å². The summed E-state index contributed by atoms with van der Waals surface area (Å²) in [5.41, 5.74) is 5.67. The molecule has 2 aromatic rings. The molecule has 0 fully saturated rings. The minimum absolute atomic E-state index is 0.0673. The van der Waals surface area contributed by atoms with Crippen molar-refractivity contribution in [2.45, 2.75) is 20.0 Å². The van der Waals surface area contributed by atoms with Crippen LogP contribution in [0.5, 0.6) is 11.5 Å². The van der Waals surface area contributed by atoms with Gasteiger partial charge in [0.25, 0.3) is 0 Å². The standard InChI is InChI=1S/C15H13ClF3NO/c1-8-5-11(6-9(2)14(8)16)21-10-3-4-13(20)12(7-10)15(17,18)19/h3-7H,20H2,1-2H3. The highest BCUT2D eigenvalue weighted by Crippen LogP contribution is 2.37. The third-order valence-corrected chi connectivity index (χ3v) is 3.57. The maximum atomic E-state index is 12.8. The van der Waals surface area contributed by atoms with E-state index in [9.17, 15) is 13.2 Å². The molecule has 0 aliphatic heterocycles. The zero-order valence-corrected chi connectivity index (χ0v) is 12.1. The summed E-state index contributed by atoms with van der Waals surface area (Å²) in [7, 11) is 0. The molecule has 0 saturated carbocycles. The van der Waals surface area contributed by atoms with E-state index in [4.69, 9.17) is 22.1 Å². The first kappa shape index (κ1) is 15.5. The number of alkyl halides is 3. The van der Waals surface area contributed by atoms with Crippen LogP contribution >= 0.6 is 11.6 Å². The molecule has 0 bridgehead atoms. The lowest BCUT2D eigenvalue weighted by Gasteiger charge is -2.13. The van der Waals surface area contributed by atoms with E-state index in [0.29, 0.717) is 10.8 Å².